The Bertz CT molecular complexity index is 511. The zero-order valence-corrected chi connectivity index (χ0v) is 10.9. The van der Waals surface area contributed by atoms with Crippen molar-refractivity contribution < 1.29 is 13.2 Å². The molecule has 0 aliphatic rings. The van der Waals surface area contributed by atoms with Crippen molar-refractivity contribution in [1.29, 1.82) is 0 Å². The van der Waals surface area contributed by atoms with E-state index in [1.54, 1.807) is 19.1 Å². The number of hydrogen-bond donors (Lipinski definition) is 3. The van der Waals surface area contributed by atoms with Crippen LogP contribution in [-0.4, -0.2) is 20.9 Å². The second kappa shape index (κ2) is 5.94. The lowest BCUT2D eigenvalue weighted by Crippen LogP contribution is -2.28. The molecule has 5 N–H and O–H groups in total. The lowest BCUT2D eigenvalue weighted by Gasteiger charge is -2.14. The maximum Gasteiger partial charge on any atom is 0.238 e. The van der Waals surface area contributed by atoms with Crippen molar-refractivity contribution in [2.24, 2.45) is 10.9 Å². The summed E-state index contributed by atoms with van der Waals surface area (Å²) in [5, 5.41) is 7.75. The van der Waals surface area contributed by atoms with Crippen molar-refractivity contribution in [3.05, 3.63) is 29.8 Å². The Hall–Kier alpha value is -1.44. The number of carbonyl (C=O) groups is 1. The number of benzene rings is 1. The predicted molar refractivity (Wildman–Crippen MR) is 68.0 cm³/mol. The topological polar surface area (TPSA) is 115 Å². The fourth-order valence-electron chi connectivity index (χ4n) is 1.47. The van der Waals surface area contributed by atoms with Crippen LogP contribution in [0.25, 0.3) is 0 Å². The highest BCUT2D eigenvalue weighted by Crippen LogP contribution is 2.15. The maximum atomic E-state index is 11.3. The van der Waals surface area contributed by atoms with Crippen LogP contribution in [0.4, 0.5) is 0 Å². The molecule has 0 spiro atoms. The Morgan fingerprint density at radius 3 is 2.33 bits per heavy atom. The molecule has 0 aromatic heterocycles. The zero-order valence-electron chi connectivity index (χ0n) is 10.1. The van der Waals surface area contributed by atoms with Crippen LogP contribution in [0, 0.1) is 0 Å². The molecule has 0 saturated carbocycles. The maximum absolute atomic E-state index is 11.3. The molecule has 1 atom stereocenters. The van der Waals surface area contributed by atoms with Crippen LogP contribution in [0.1, 0.15) is 24.9 Å². The first kappa shape index (κ1) is 14.6. The van der Waals surface area contributed by atoms with Gasteiger partial charge in [0, 0.05) is 13.0 Å². The van der Waals surface area contributed by atoms with Gasteiger partial charge in [0.2, 0.25) is 15.9 Å². The molecule has 1 aromatic carbocycles. The molecular weight excluding hydrogens is 254 g/mol. The molecule has 0 bridgehead atoms. The van der Waals surface area contributed by atoms with Gasteiger partial charge in [0.1, 0.15) is 0 Å². The number of carbonyl (C=O) groups excluding carboxylic acids is 1. The minimum atomic E-state index is -3.68. The summed E-state index contributed by atoms with van der Waals surface area (Å²) in [7, 11) is -3.68. The summed E-state index contributed by atoms with van der Waals surface area (Å²) in [5.41, 5.74) is 6.07. The van der Waals surface area contributed by atoms with Crippen LogP contribution >= 0.6 is 0 Å². The van der Waals surface area contributed by atoms with E-state index in [0.717, 1.165) is 5.56 Å². The summed E-state index contributed by atoms with van der Waals surface area (Å²) < 4.78 is 22.1. The summed E-state index contributed by atoms with van der Waals surface area (Å²) in [4.78, 5) is 11.4. The van der Waals surface area contributed by atoms with Gasteiger partial charge in [0.05, 0.1) is 10.9 Å². The smallest absolute Gasteiger partial charge is 0.238 e. The Balaban J connectivity index is 2.76. The van der Waals surface area contributed by atoms with Crippen molar-refractivity contribution in [3.63, 3.8) is 0 Å². The lowest BCUT2D eigenvalue weighted by molar-refractivity contribution is -0.121. The molecule has 1 amide bonds. The third-order valence-electron chi connectivity index (χ3n) is 2.46. The van der Waals surface area contributed by atoms with E-state index in [1.807, 2.05) is 0 Å². The summed E-state index contributed by atoms with van der Waals surface area (Å²) >= 11 is 0. The fraction of sp³-hybridized carbons (Fsp3) is 0.364. The van der Waals surface area contributed by atoms with Crippen LogP contribution in [0.15, 0.2) is 29.2 Å². The van der Waals surface area contributed by atoms with Gasteiger partial charge in [0.25, 0.3) is 0 Å². The normalized spacial score (nSPS) is 13.1. The highest BCUT2D eigenvalue weighted by Gasteiger charge is 2.11. The van der Waals surface area contributed by atoms with E-state index >= 15 is 0 Å². The van der Waals surface area contributed by atoms with Gasteiger partial charge in [-0.3, -0.25) is 4.79 Å². The van der Waals surface area contributed by atoms with Crippen molar-refractivity contribution in [2.45, 2.75) is 24.3 Å². The molecule has 0 radical (unpaired) electrons. The SMILES string of the molecule is CC(NC(=O)CCN)c1ccc(S(N)(=O)=O)cc1. The molecule has 6 nitrogen and oxygen atoms in total. The number of nitrogens with one attached hydrogen (secondary N) is 1. The number of primary sulfonamides is 1. The molecular formula is C11H17N3O3S. The Kier molecular flexibility index (Phi) is 4.83. The van der Waals surface area contributed by atoms with E-state index in [0.29, 0.717) is 6.54 Å². The van der Waals surface area contributed by atoms with Crippen molar-refractivity contribution in [2.75, 3.05) is 6.54 Å². The number of sulfonamides is 1. The van der Waals surface area contributed by atoms with Gasteiger partial charge >= 0.3 is 0 Å². The van der Waals surface area contributed by atoms with Crippen molar-refractivity contribution in [1.82, 2.24) is 5.32 Å². The average molecular weight is 271 g/mol. The Morgan fingerprint density at radius 2 is 1.89 bits per heavy atom. The van der Waals surface area contributed by atoms with Crippen LogP contribution < -0.4 is 16.2 Å². The standard InChI is InChI=1S/C11H17N3O3S/c1-8(14-11(15)6-7-12)9-2-4-10(5-3-9)18(13,16)17/h2-5,8H,6-7,12H2,1H3,(H,14,15)(H2,13,16,17). The first-order valence-electron chi connectivity index (χ1n) is 5.47. The fourth-order valence-corrected chi connectivity index (χ4v) is 1.99. The van der Waals surface area contributed by atoms with E-state index in [9.17, 15) is 13.2 Å². The molecule has 0 heterocycles. The molecule has 1 rings (SSSR count). The van der Waals surface area contributed by atoms with E-state index in [2.05, 4.69) is 5.32 Å². The van der Waals surface area contributed by atoms with Crippen LogP contribution in [0.3, 0.4) is 0 Å². The quantitative estimate of drug-likeness (QED) is 0.691. The van der Waals surface area contributed by atoms with Crippen LogP contribution in [0.2, 0.25) is 0 Å². The highest BCUT2D eigenvalue weighted by atomic mass is 32.2. The second-order valence-electron chi connectivity index (χ2n) is 3.94. The third kappa shape index (κ3) is 4.10. The Morgan fingerprint density at radius 1 is 1.33 bits per heavy atom. The first-order valence-corrected chi connectivity index (χ1v) is 7.01. The van der Waals surface area contributed by atoms with E-state index < -0.39 is 10.0 Å². The van der Waals surface area contributed by atoms with Gasteiger partial charge < -0.3 is 11.1 Å². The molecule has 18 heavy (non-hydrogen) atoms. The third-order valence-corrected chi connectivity index (χ3v) is 3.39. The lowest BCUT2D eigenvalue weighted by atomic mass is 10.1. The van der Waals surface area contributed by atoms with E-state index in [4.69, 9.17) is 10.9 Å². The molecule has 100 valence electrons. The summed E-state index contributed by atoms with van der Waals surface area (Å²) in [5.74, 6) is -0.138. The van der Waals surface area contributed by atoms with E-state index in [-0.39, 0.29) is 23.3 Å². The number of amides is 1. The molecule has 1 unspecified atom stereocenters. The zero-order chi connectivity index (χ0) is 13.8. The first-order chi connectivity index (χ1) is 8.34. The molecule has 0 fully saturated rings. The number of rotatable bonds is 5. The summed E-state index contributed by atoms with van der Waals surface area (Å²) in [6.07, 6.45) is 0.263. The summed E-state index contributed by atoms with van der Waals surface area (Å²) in [6, 6.07) is 5.85. The van der Waals surface area contributed by atoms with Gasteiger partial charge in [-0.2, -0.15) is 0 Å². The van der Waals surface area contributed by atoms with Gasteiger partial charge in [-0.15, -0.1) is 0 Å². The molecule has 0 aliphatic heterocycles. The van der Waals surface area contributed by atoms with Crippen LogP contribution in [0.5, 0.6) is 0 Å². The predicted octanol–water partition coefficient (Wildman–Crippen LogP) is -0.140. The number of hydrogen-bond acceptors (Lipinski definition) is 4. The van der Waals surface area contributed by atoms with Crippen molar-refractivity contribution >= 4 is 15.9 Å². The van der Waals surface area contributed by atoms with Gasteiger partial charge in [0.15, 0.2) is 0 Å². The van der Waals surface area contributed by atoms with Gasteiger partial charge in [-0.05, 0) is 24.6 Å². The molecule has 0 aliphatic carbocycles. The average Bonchev–Trinajstić information content (AvgIpc) is 2.28. The van der Waals surface area contributed by atoms with Gasteiger partial charge in [-0.1, -0.05) is 12.1 Å². The Labute approximate surface area is 106 Å². The minimum absolute atomic E-state index is 0.0479. The molecule has 7 heteroatoms. The minimum Gasteiger partial charge on any atom is -0.350 e. The number of nitrogens with two attached hydrogens (primary N) is 2. The summed E-state index contributed by atoms with van der Waals surface area (Å²) in [6.45, 7) is 2.10. The largest absolute Gasteiger partial charge is 0.350 e. The second-order valence-corrected chi connectivity index (χ2v) is 5.50. The van der Waals surface area contributed by atoms with Gasteiger partial charge in [-0.25, -0.2) is 13.6 Å². The monoisotopic (exact) mass is 271 g/mol. The van der Waals surface area contributed by atoms with Crippen LogP contribution in [-0.2, 0) is 14.8 Å². The molecule has 0 saturated heterocycles. The molecule has 1 aromatic rings. The van der Waals surface area contributed by atoms with E-state index in [1.165, 1.54) is 12.1 Å². The highest BCUT2D eigenvalue weighted by molar-refractivity contribution is 7.89. The van der Waals surface area contributed by atoms with Crippen molar-refractivity contribution in [3.8, 4) is 0 Å².